The van der Waals surface area contributed by atoms with Gasteiger partial charge in [0.2, 0.25) is 0 Å². The van der Waals surface area contributed by atoms with Gasteiger partial charge in [-0.15, -0.1) is 0 Å². The molecule has 154 valence electrons. The zero-order valence-corrected chi connectivity index (χ0v) is 19.0. The van der Waals surface area contributed by atoms with E-state index in [9.17, 15) is 10.7 Å². The van der Waals surface area contributed by atoms with Crippen LogP contribution in [0.4, 0.5) is 11.4 Å². The summed E-state index contributed by atoms with van der Waals surface area (Å²) in [5.41, 5.74) is 4.35. The van der Waals surface area contributed by atoms with Crippen LogP contribution in [0.5, 0.6) is 0 Å². The molecule has 0 saturated heterocycles. The SMILES string of the molecule is N#CC1=C2Sc3ccccc3N2C(=N)/C(=C2\Nc3ccccc3S2)[C@@H]1c1ccc(Cl)cc1. The smallest absolute Gasteiger partial charge is 0.137 e. The average Bonchev–Trinajstić information content (AvgIpc) is 3.41. The minimum Gasteiger partial charge on any atom is -0.349 e. The van der Waals surface area contributed by atoms with Crippen LogP contribution in [0, 0.1) is 16.7 Å². The fraction of sp³-hybridized carbons (Fsp3) is 0.0400. The molecule has 0 aliphatic carbocycles. The molecule has 7 heteroatoms. The molecule has 0 unspecified atom stereocenters. The molecule has 0 amide bonds. The van der Waals surface area contributed by atoms with E-state index in [-0.39, 0.29) is 5.92 Å². The normalized spacial score (nSPS) is 21.1. The van der Waals surface area contributed by atoms with Crippen LogP contribution in [0.3, 0.4) is 0 Å². The summed E-state index contributed by atoms with van der Waals surface area (Å²) in [7, 11) is 0. The number of rotatable bonds is 1. The van der Waals surface area contributed by atoms with Gasteiger partial charge < -0.3 is 5.32 Å². The molecule has 0 radical (unpaired) electrons. The number of nitrogens with one attached hydrogen (secondary N) is 2. The molecule has 0 aromatic heterocycles. The van der Waals surface area contributed by atoms with Crippen molar-refractivity contribution in [2.24, 2.45) is 0 Å². The fourth-order valence-corrected chi connectivity index (χ4v) is 6.67. The molecule has 0 saturated carbocycles. The van der Waals surface area contributed by atoms with Gasteiger partial charge in [0.05, 0.1) is 34.0 Å². The second-order valence-corrected chi connectivity index (χ2v) is 10.1. The topological polar surface area (TPSA) is 62.9 Å². The number of para-hydroxylation sites is 2. The number of allylic oxidation sites excluding steroid dienone is 1. The monoisotopic (exact) mass is 470 g/mol. The Labute approximate surface area is 199 Å². The molecule has 3 aliphatic rings. The predicted octanol–water partition coefficient (Wildman–Crippen LogP) is 7.19. The second kappa shape index (κ2) is 7.49. The molecule has 3 aromatic carbocycles. The quantitative estimate of drug-likeness (QED) is 0.394. The molecule has 3 heterocycles. The third-order valence-corrected chi connectivity index (χ3v) is 8.23. The largest absolute Gasteiger partial charge is 0.349 e. The summed E-state index contributed by atoms with van der Waals surface area (Å²) in [6, 6.07) is 26.2. The molecule has 6 rings (SSSR count). The Bertz CT molecular complexity index is 1370. The first-order chi connectivity index (χ1) is 15.7. The summed E-state index contributed by atoms with van der Waals surface area (Å²) in [6.07, 6.45) is 0. The number of nitriles is 1. The van der Waals surface area contributed by atoms with Crippen LogP contribution in [-0.4, -0.2) is 5.84 Å². The lowest BCUT2D eigenvalue weighted by molar-refractivity contribution is 0.940. The zero-order chi connectivity index (χ0) is 21.8. The maximum atomic E-state index is 10.3. The van der Waals surface area contributed by atoms with Crippen molar-refractivity contribution in [3.8, 4) is 6.07 Å². The van der Waals surface area contributed by atoms with Crippen LogP contribution in [0.2, 0.25) is 5.02 Å². The van der Waals surface area contributed by atoms with Gasteiger partial charge in [-0.1, -0.05) is 71.5 Å². The molecule has 3 aromatic rings. The molecular formula is C25H15ClN4S2. The average molecular weight is 471 g/mol. The first kappa shape index (κ1) is 19.6. The lowest BCUT2D eigenvalue weighted by Crippen LogP contribution is -2.37. The molecule has 4 nitrogen and oxygen atoms in total. The maximum Gasteiger partial charge on any atom is 0.137 e. The van der Waals surface area contributed by atoms with Crippen molar-refractivity contribution in [3.05, 3.63) is 105 Å². The van der Waals surface area contributed by atoms with E-state index >= 15 is 0 Å². The number of thioether (sulfide) groups is 2. The third-order valence-electron chi connectivity index (χ3n) is 5.72. The van der Waals surface area contributed by atoms with Crippen molar-refractivity contribution in [3.63, 3.8) is 0 Å². The minimum atomic E-state index is -0.359. The Morgan fingerprint density at radius 1 is 0.938 bits per heavy atom. The number of amidine groups is 1. The highest BCUT2D eigenvalue weighted by molar-refractivity contribution is 8.04. The van der Waals surface area contributed by atoms with Gasteiger partial charge in [0.25, 0.3) is 0 Å². The van der Waals surface area contributed by atoms with Gasteiger partial charge in [-0.3, -0.25) is 10.3 Å². The number of anilines is 2. The number of fused-ring (bicyclic) bond motifs is 4. The minimum absolute atomic E-state index is 0.359. The Kier molecular flexibility index (Phi) is 4.58. The fourth-order valence-electron chi connectivity index (χ4n) is 4.29. The maximum absolute atomic E-state index is 10.3. The summed E-state index contributed by atoms with van der Waals surface area (Å²) in [5.74, 6) is 0.0290. The van der Waals surface area contributed by atoms with Crippen molar-refractivity contribution in [2.75, 3.05) is 10.2 Å². The Morgan fingerprint density at radius 3 is 2.41 bits per heavy atom. The molecule has 0 fully saturated rings. The number of benzene rings is 3. The van der Waals surface area contributed by atoms with Crippen LogP contribution in [-0.2, 0) is 0 Å². The van der Waals surface area contributed by atoms with Crippen LogP contribution in [0.1, 0.15) is 11.5 Å². The molecule has 1 atom stereocenters. The van der Waals surface area contributed by atoms with Gasteiger partial charge in [0.15, 0.2) is 0 Å². The highest BCUT2D eigenvalue weighted by atomic mass is 35.5. The van der Waals surface area contributed by atoms with E-state index in [1.54, 1.807) is 23.5 Å². The van der Waals surface area contributed by atoms with E-state index in [1.165, 1.54) is 0 Å². The van der Waals surface area contributed by atoms with E-state index in [4.69, 9.17) is 11.6 Å². The number of halogens is 1. The van der Waals surface area contributed by atoms with E-state index in [0.717, 1.165) is 42.4 Å². The molecular weight excluding hydrogens is 456 g/mol. The molecule has 0 bridgehead atoms. The highest BCUT2D eigenvalue weighted by Crippen LogP contribution is 2.56. The van der Waals surface area contributed by atoms with Crippen LogP contribution in [0.25, 0.3) is 0 Å². The van der Waals surface area contributed by atoms with E-state index in [2.05, 4.69) is 17.5 Å². The lowest BCUT2D eigenvalue weighted by Gasteiger charge is -2.35. The van der Waals surface area contributed by atoms with Gasteiger partial charge in [-0.2, -0.15) is 5.26 Å². The summed E-state index contributed by atoms with van der Waals surface area (Å²) < 4.78 is 0. The first-order valence-electron chi connectivity index (χ1n) is 9.99. The molecule has 32 heavy (non-hydrogen) atoms. The van der Waals surface area contributed by atoms with Crippen LogP contribution in [0.15, 0.2) is 104 Å². The Balaban J connectivity index is 1.61. The van der Waals surface area contributed by atoms with E-state index in [1.807, 2.05) is 71.6 Å². The third kappa shape index (κ3) is 2.90. The Hall–Kier alpha value is -3.11. The van der Waals surface area contributed by atoms with Crippen molar-refractivity contribution in [1.82, 2.24) is 0 Å². The van der Waals surface area contributed by atoms with Crippen LogP contribution >= 0.6 is 35.1 Å². The van der Waals surface area contributed by atoms with Gasteiger partial charge in [-0.05, 0) is 42.0 Å². The molecule has 0 spiro atoms. The van der Waals surface area contributed by atoms with Gasteiger partial charge in [0.1, 0.15) is 10.9 Å². The van der Waals surface area contributed by atoms with Crippen molar-refractivity contribution in [2.45, 2.75) is 15.7 Å². The first-order valence-corrected chi connectivity index (χ1v) is 12.0. The van der Waals surface area contributed by atoms with Gasteiger partial charge >= 0.3 is 0 Å². The summed E-state index contributed by atoms with van der Waals surface area (Å²) in [4.78, 5) is 4.08. The van der Waals surface area contributed by atoms with Crippen molar-refractivity contribution in [1.29, 1.82) is 10.7 Å². The predicted molar refractivity (Wildman–Crippen MR) is 132 cm³/mol. The lowest BCUT2D eigenvalue weighted by atomic mass is 9.82. The molecule has 3 aliphatic heterocycles. The molecule has 2 N–H and O–H groups in total. The van der Waals surface area contributed by atoms with E-state index < -0.39 is 0 Å². The van der Waals surface area contributed by atoms with Crippen molar-refractivity contribution >= 4 is 52.3 Å². The second-order valence-electron chi connectivity index (χ2n) is 7.54. The summed E-state index contributed by atoms with van der Waals surface area (Å²) >= 11 is 9.33. The number of hydrogen-bond acceptors (Lipinski definition) is 5. The zero-order valence-electron chi connectivity index (χ0n) is 16.6. The highest BCUT2D eigenvalue weighted by Gasteiger charge is 2.44. The number of hydrogen-bond donors (Lipinski definition) is 2. The van der Waals surface area contributed by atoms with Gasteiger partial charge in [0, 0.05) is 20.4 Å². The Morgan fingerprint density at radius 2 is 1.66 bits per heavy atom. The van der Waals surface area contributed by atoms with Gasteiger partial charge in [-0.25, -0.2) is 0 Å². The van der Waals surface area contributed by atoms with Crippen molar-refractivity contribution < 1.29 is 0 Å². The summed E-state index contributed by atoms with van der Waals surface area (Å²) in [5, 5.41) is 25.5. The summed E-state index contributed by atoms with van der Waals surface area (Å²) in [6.45, 7) is 0. The number of nitrogens with zero attached hydrogens (tertiary/aromatic N) is 2. The van der Waals surface area contributed by atoms with E-state index in [0.29, 0.717) is 16.4 Å². The standard InChI is InChI=1S/C25H15ClN4S2/c26-15-11-9-14(10-12-15)21-16(13-27)25-30(18-6-2-4-8-20(18)32-25)23(28)22(21)24-29-17-5-1-3-7-19(17)31-24/h1-12,21,28-29H/b24-22+,28-23?/t21-/m1/s1. The van der Waals surface area contributed by atoms with Crippen LogP contribution < -0.4 is 10.2 Å².